The molecule has 0 aromatic heterocycles. The van der Waals surface area contributed by atoms with Gasteiger partial charge in [0.15, 0.2) is 5.78 Å². The zero-order valence-corrected chi connectivity index (χ0v) is 13.6. The van der Waals surface area contributed by atoms with Crippen LogP contribution in [0.2, 0.25) is 0 Å². The Bertz CT molecular complexity index is 934. The third-order valence-electron chi connectivity index (χ3n) is 4.63. The minimum absolute atomic E-state index is 0.121. The quantitative estimate of drug-likeness (QED) is 0.578. The normalized spacial score (nSPS) is 13.0. The second-order valence-corrected chi connectivity index (χ2v) is 6.23. The lowest BCUT2D eigenvalue weighted by atomic mass is 9.90. The Balaban J connectivity index is 1.89. The topological polar surface area (TPSA) is 17.1 Å². The van der Waals surface area contributed by atoms with Crippen LogP contribution in [0, 0.1) is 0 Å². The molecule has 1 heteroatoms. The van der Waals surface area contributed by atoms with Crippen molar-refractivity contribution in [3.63, 3.8) is 0 Å². The van der Waals surface area contributed by atoms with E-state index in [2.05, 4.69) is 37.3 Å². The van der Waals surface area contributed by atoms with Gasteiger partial charge in [0.25, 0.3) is 0 Å². The summed E-state index contributed by atoms with van der Waals surface area (Å²) in [6.45, 7) is 2.07. The Labute approximate surface area is 142 Å². The summed E-state index contributed by atoms with van der Waals surface area (Å²) in [6, 6.07) is 26.2. The van der Waals surface area contributed by atoms with E-state index >= 15 is 0 Å². The van der Waals surface area contributed by atoms with Gasteiger partial charge in [-0.3, -0.25) is 4.79 Å². The Morgan fingerprint density at radius 1 is 0.792 bits per heavy atom. The van der Waals surface area contributed by atoms with Crippen LogP contribution >= 0.6 is 0 Å². The molecule has 0 bridgehead atoms. The van der Waals surface area contributed by atoms with Crippen LogP contribution in [0.4, 0.5) is 0 Å². The summed E-state index contributed by atoms with van der Waals surface area (Å²) in [5.41, 5.74) is 7.43. The molecule has 0 amide bonds. The first-order chi connectivity index (χ1) is 11.8. The van der Waals surface area contributed by atoms with Gasteiger partial charge in [0.2, 0.25) is 0 Å². The monoisotopic (exact) mass is 310 g/mol. The molecule has 0 atom stereocenters. The number of carbonyl (C=O) groups excluding carboxylic acids is 1. The Hall–Kier alpha value is -2.93. The van der Waals surface area contributed by atoms with Crippen molar-refractivity contribution in [2.24, 2.45) is 0 Å². The van der Waals surface area contributed by atoms with Gasteiger partial charge in [-0.15, -0.1) is 0 Å². The smallest absolute Gasteiger partial charge is 0.193 e. The molecule has 3 aromatic carbocycles. The van der Waals surface area contributed by atoms with Crippen molar-refractivity contribution in [1.82, 2.24) is 0 Å². The molecule has 0 fully saturated rings. The molecule has 0 heterocycles. The second kappa shape index (κ2) is 5.93. The lowest BCUT2D eigenvalue weighted by molar-refractivity contribution is 0.105. The summed E-state index contributed by atoms with van der Waals surface area (Å²) >= 11 is 0. The summed E-state index contributed by atoms with van der Waals surface area (Å²) in [5.74, 6) is 0.121. The van der Waals surface area contributed by atoms with Crippen molar-refractivity contribution >= 4 is 11.4 Å². The van der Waals surface area contributed by atoms with E-state index in [1.54, 1.807) is 0 Å². The number of hydrogen-bond acceptors (Lipinski definition) is 1. The third kappa shape index (κ3) is 2.39. The maximum absolute atomic E-state index is 13.1. The molecule has 0 unspecified atom stereocenters. The molecule has 3 aromatic rings. The molecule has 0 saturated heterocycles. The molecule has 0 aliphatic heterocycles. The summed E-state index contributed by atoms with van der Waals surface area (Å²) in [7, 11) is 0. The van der Waals surface area contributed by atoms with Gasteiger partial charge in [-0.05, 0) is 35.6 Å². The van der Waals surface area contributed by atoms with Crippen LogP contribution < -0.4 is 0 Å². The first kappa shape index (κ1) is 14.6. The van der Waals surface area contributed by atoms with Crippen LogP contribution in [-0.4, -0.2) is 5.78 Å². The van der Waals surface area contributed by atoms with E-state index in [1.165, 1.54) is 5.56 Å². The highest BCUT2D eigenvalue weighted by atomic mass is 16.1. The lowest BCUT2D eigenvalue weighted by Gasteiger charge is -2.12. The highest BCUT2D eigenvalue weighted by Crippen LogP contribution is 2.41. The number of hydrogen-bond donors (Lipinski definition) is 0. The van der Waals surface area contributed by atoms with E-state index in [9.17, 15) is 4.79 Å². The largest absolute Gasteiger partial charge is 0.289 e. The number of carbonyl (C=O) groups is 1. The number of Topliss-reactive ketones (excluding diaryl/α,β-unsaturated/α-hetero) is 1. The lowest BCUT2D eigenvalue weighted by Crippen LogP contribution is -2.04. The van der Waals surface area contributed by atoms with Crippen molar-refractivity contribution in [1.29, 1.82) is 0 Å². The van der Waals surface area contributed by atoms with Crippen molar-refractivity contribution in [2.45, 2.75) is 13.3 Å². The molecule has 1 aliphatic carbocycles. The van der Waals surface area contributed by atoms with E-state index in [4.69, 9.17) is 0 Å². The summed E-state index contributed by atoms with van der Waals surface area (Å²) in [6.07, 6.45) is 0.851. The van der Waals surface area contributed by atoms with E-state index < -0.39 is 0 Å². The number of allylic oxidation sites excluding steroid dienone is 2. The Morgan fingerprint density at radius 3 is 2.17 bits per heavy atom. The van der Waals surface area contributed by atoms with Gasteiger partial charge in [-0.2, -0.15) is 0 Å². The van der Waals surface area contributed by atoms with E-state index in [1.807, 2.05) is 48.5 Å². The zero-order chi connectivity index (χ0) is 16.5. The van der Waals surface area contributed by atoms with E-state index in [0.29, 0.717) is 0 Å². The molecular formula is C23H18O. The van der Waals surface area contributed by atoms with Crippen LogP contribution in [0.3, 0.4) is 0 Å². The molecule has 0 N–H and O–H groups in total. The molecule has 0 spiro atoms. The fourth-order valence-electron chi connectivity index (χ4n) is 3.53. The van der Waals surface area contributed by atoms with E-state index in [-0.39, 0.29) is 5.78 Å². The van der Waals surface area contributed by atoms with Crippen LogP contribution in [0.1, 0.15) is 28.4 Å². The van der Waals surface area contributed by atoms with Crippen LogP contribution in [-0.2, 0) is 6.42 Å². The molecule has 116 valence electrons. The minimum atomic E-state index is 0.121. The van der Waals surface area contributed by atoms with Gasteiger partial charge in [0.1, 0.15) is 0 Å². The molecule has 4 rings (SSSR count). The van der Waals surface area contributed by atoms with E-state index in [0.717, 1.165) is 39.8 Å². The van der Waals surface area contributed by atoms with Crippen molar-refractivity contribution in [3.05, 3.63) is 101 Å². The molecule has 1 nitrogen and oxygen atoms in total. The second-order valence-electron chi connectivity index (χ2n) is 6.23. The van der Waals surface area contributed by atoms with Gasteiger partial charge in [0, 0.05) is 11.1 Å². The number of benzene rings is 3. The Kier molecular flexibility index (Phi) is 3.62. The van der Waals surface area contributed by atoms with Crippen LogP contribution in [0.25, 0.3) is 16.7 Å². The zero-order valence-electron chi connectivity index (χ0n) is 13.6. The Morgan fingerprint density at radius 2 is 1.46 bits per heavy atom. The molecule has 24 heavy (non-hydrogen) atoms. The molecular weight excluding hydrogens is 292 g/mol. The fraction of sp³-hybridized carbons (Fsp3) is 0.0870. The average molecular weight is 310 g/mol. The standard InChI is InChI=1S/C23H18O/c1-16-15-19-13-8-14-20(17-9-4-2-5-10-17)22(19)21(16)23(24)18-11-6-3-7-12-18/h2-14H,15H2,1H3. The van der Waals surface area contributed by atoms with Crippen LogP contribution in [0.15, 0.2) is 84.4 Å². The van der Waals surface area contributed by atoms with Gasteiger partial charge in [0.05, 0.1) is 0 Å². The van der Waals surface area contributed by atoms with Gasteiger partial charge < -0.3 is 0 Å². The number of ketones is 1. The number of fused-ring (bicyclic) bond motifs is 1. The predicted octanol–water partition coefficient (Wildman–Crippen LogP) is 5.57. The highest BCUT2D eigenvalue weighted by molar-refractivity contribution is 6.31. The first-order valence-electron chi connectivity index (χ1n) is 8.23. The SMILES string of the molecule is CC1=C(C(=O)c2ccccc2)c2c(cccc2-c2ccccc2)C1. The van der Waals surface area contributed by atoms with Gasteiger partial charge in [-0.1, -0.05) is 84.4 Å². The first-order valence-corrected chi connectivity index (χ1v) is 8.23. The molecule has 0 saturated carbocycles. The average Bonchev–Trinajstić information content (AvgIpc) is 2.98. The number of rotatable bonds is 3. The maximum atomic E-state index is 13.1. The molecule has 0 radical (unpaired) electrons. The predicted molar refractivity (Wildman–Crippen MR) is 98.9 cm³/mol. The summed E-state index contributed by atoms with van der Waals surface area (Å²) < 4.78 is 0. The van der Waals surface area contributed by atoms with Crippen molar-refractivity contribution < 1.29 is 4.79 Å². The van der Waals surface area contributed by atoms with Crippen molar-refractivity contribution in [2.75, 3.05) is 0 Å². The maximum Gasteiger partial charge on any atom is 0.193 e. The minimum Gasteiger partial charge on any atom is -0.289 e. The highest BCUT2D eigenvalue weighted by Gasteiger charge is 2.27. The fourth-order valence-corrected chi connectivity index (χ4v) is 3.53. The third-order valence-corrected chi connectivity index (χ3v) is 4.63. The molecule has 1 aliphatic rings. The van der Waals surface area contributed by atoms with Crippen LogP contribution in [0.5, 0.6) is 0 Å². The summed E-state index contributed by atoms with van der Waals surface area (Å²) in [4.78, 5) is 13.1. The van der Waals surface area contributed by atoms with Crippen molar-refractivity contribution in [3.8, 4) is 11.1 Å². The van der Waals surface area contributed by atoms with Gasteiger partial charge in [-0.25, -0.2) is 0 Å². The summed E-state index contributed by atoms with van der Waals surface area (Å²) in [5, 5.41) is 0. The van der Waals surface area contributed by atoms with Gasteiger partial charge >= 0.3 is 0 Å².